The second-order valence-corrected chi connectivity index (χ2v) is 7.31. The summed E-state index contributed by atoms with van der Waals surface area (Å²) in [5.74, 6) is 1.06. The Hall–Kier alpha value is -1.85. The lowest BCUT2D eigenvalue weighted by Gasteiger charge is -2.10. The maximum Gasteiger partial charge on any atom is 0.250 e. The first kappa shape index (κ1) is 18.5. The number of amides is 1. The van der Waals surface area contributed by atoms with Crippen LogP contribution in [-0.2, 0) is 4.79 Å². The van der Waals surface area contributed by atoms with Crippen LogP contribution in [0.5, 0.6) is 11.5 Å². The number of hydrogen-bond donors (Lipinski definition) is 2. The number of ether oxygens (including phenoxy) is 2. The number of nitrogen functional groups attached to an aromatic ring is 1. The molecule has 1 aromatic heterocycles. The molecular weight excluding hydrogens is 418 g/mol. The lowest BCUT2D eigenvalue weighted by Crippen LogP contribution is -2.19. The first-order chi connectivity index (χ1) is 11.5. The Balaban J connectivity index is 1.91. The number of hydrazone groups is 1. The van der Waals surface area contributed by atoms with Crippen molar-refractivity contribution in [2.24, 2.45) is 5.10 Å². The highest BCUT2D eigenvalue weighted by Gasteiger charge is 2.10. The molecule has 1 heterocycles. The minimum Gasteiger partial charge on any atom is -0.493 e. The van der Waals surface area contributed by atoms with Crippen LogP contribution in [0.25, 0.3) is 0 Å². The van der Waals surface area contributed by atoms with Crippen LogP contribution in [0.15, 0.2) is 26.0 Å². The number of thioether (sulfide) groups is 1. The molecule has 128 valence electrons. The number of carbonyl (C=O) groups is 1. The van der Waals surface area contributed by atoms with Crippen LogP contribution in [0, 0.1) is 0 Å². The van der Waals surface area contributed by atoms with Gasteiger partial charge in [0.15, 0.2) is 15.8 Å². The molecule has 0 unspecified atom stereocenters. The molecule has 2 rings (SSSR count). The van der Waals surface area contributed by atoms with Gasteiger partial charge in [-0.2, -0.15) is 5.10 Å². The molecule has 24 heavy (non-hydrogen) atoms. The van der Waals surface area contributed by atoms with E-state index in [1.54, 1.807) is 26.4 Å². The minimum atomic E-state index is -0.260. The molecule has 0 saturated carbocycles. The van der Waals surface area contributed by atoms with Crippen molar-refractivity contribution >= 4 is 56.3 Å². The molecule has 11 heteroatoms. The Morgan fingerprint density at radius 1 is 1.46 bits per heavy atom. The van der Waals surface area contributed by atoms with Gasteiger partial charge >= 0.3 is 0 Å². The van der Waals surface area contributed by atoms with Crippen molar-refractivity contribution in [1.29, 1.82) is 0 Å². The number of nitrogens with zero attached hydrogens (tertiary/aromatic N) is 3. The van der Waals surface area contributed by atoms with E-state index in [0.717, 1.165) is 10.0 Å². The average molecular weight is 432 g/mol. The number of methoxy groups -OCH3 is 2. The lowest BCUT2D eigenvalue weighted by atomic mass is 10.2. The van der Waals surface area contributed by atoms with Crippen LogP contribution in [0.3, 0.4) is 0 Å². The van der Waals surface area contributed by atoms with Crippen molar-refractivity contribution in [3.8, 4) is 11.5 Å². The molecule has 0 spiro atoms. The monoisotopic (exact) mass is 431 g/mol. The largest absolute Gasteiger partial charge is 0.493 e. The summed E-state index contributed by atoms with van der Waals surface area (Å²) in [6.45, 7) is 0. The third-order valence-electron chi connectivity index (χ3n) is 2.61. The lowest BCUT2D eigenvalue weighted by molar-refractivity contribution is -0.118. The van der Waals surface area contributed by atoms with Crippen LogP contribution in [0.4, 0.5) is 5.13 Å². The fourth-order valence-corrected chi connectivity index (χ4v) is 3.68. The zero-order valence-corrected chi connectivity index (χ0v) is 16.0. The van der Waals surface area contributed by atoms with Crippen molar-refractivity contribution in [1.82, 2.24) is 15.6 Å². The summed E-state index contributed by atoms with van der Waals surface area (Å²) in [5.41, 5.74) is 8.65. The van der Waals surface area contributed by atoms with Gasteiger partial charge in [0.2, 0.25) is 5.13 Å². The van der Waals surface area contributed by atoms with Crippen LogP contribution in [-0.4, -0.2) is 42.3 Å². The molecule has 0 radical (unpaired) electrons. The highest BCUT2D eigenvalue weighted by Crippen LogP contribution is 2.35. The van der Waals surface area contributed by atoms with Crippen molar-refractivity contribution in [2.75, 3.05) is 25.7 Å². The maximum atomic E-state index is 11.7. The molecule has 3 N–H and O–H groups in total. The summed E-state index contributed by atoms with van der Waals surface area (Å²) in [5, 5.41) is 11.8. The number of hydrogen-bond acceptors (Lipinski definition) is 9. The van der Waals surface area contributed by atoms with Gasteiger partial charge in [0, 0.05) is 0 Å². The topological polar surface area (TPSA) is 112 Å². The standard InChI is InChI=1S/C13H14BrN5O3S2/c1-21-9-4-7(3-8(14)11(9)22-2)5-16-17-10(20)6-23-13-19-18-12(15)24-13/h3-5H,6H2,1-2H3,(H2,15,18)(H,17,20). The number of benzene rings is 1. The van der Waals surface area contributed by atoms with Crippen LogP contribution in [0.1, 0.15) is 5.56 Å². The normalized spacial score (nSPS) is 10.8. The Kier molecular flexibility index (Phi) is 6.82. The highest BCUT2D eigenvalue weighted by molar-refractivity contribution is 9.10. The van der Waals surface area contributed by atoms with Gasteiger partial charge in [0.25, 0.3) is 5.91 Å². The number of nitrogens with one attached hydrogen (secondary N) is 1. The van der Waals surface area contributed by atoms with E-state index < -0.39 is 0 Å². The first-order valence-electron chi connectivity index (χ1n) is 6.48. The quantitative estimate of drug-likeness (QED) is 0.392. The van der Waals surface area contributed by atoms with E-state index in [-0.39, 0.29) is 11.7 Å². The van der Waals surface area contributed by atoms with E-state index in [1.165, 1.54) is 29.3 Å². The molecule has 1 amide bonds. The number of rotatable bonds is 7. The summed E-state index contributed by atoms with van der Waals surface area (Å²) >= 11 is 5.87. The van der Waals surface area contributed by atoms with Crippen molar-refractivity contribution in [3.05, 3.63) is 22.2 Å². The van der Waals surface area contributed by atoms with Gasteiger partial charge in [-0.25, -0.2) is 5.43 Å². The van der Waals surface area contributed by atoms with Gasteiger partial charge in [-0.1, -0.05) is 23.1 Å². The van der Waals surface area contributed by atoms with E-state index in [4.69, 9.17) is 15.2 Å². The van der Waals surface area contributed by atoms with E-state index in [1.807, 2.05) is 0 Å². The molecule has 0 aliphatic heterocycles. The number of nitrogens with two attached hydrogens (primary N) is 1. The molecule has 0 fully saturated rings. The third kappa shape index (κ3) is 5.08. The smallest absolute Gasteiger partial charge is 0.250 e. The van der Waals surface area contributed by atoms with E-state index in [0.29, 0.717) is 21.0 Å². The van der Waals surface area contributed by atoms with Crippen molar-refractivity contribution in [2.45, 2.75) is 4.34 Å². The van der Waals surface area contributed by atoms with E-state index >= 15 is 0 Å². The fourth-order valence-electron chi connectivity index (χ4n) is 1.63. The molecule has 0 aliphatic carbocycles. The van der Waals surface area contributed by atoms with Gasteiger partial charge in [-0.15, -0.1) is 10.2 Å². The van der Waals surface area contributed by atoms with Gasteiger partial charge < -0.3 is 15.2 Å². The molecule has 8 nitrogen and oxygen atoms in total. The SMILES string of the molecule is COc1cc(C=NNC(=O)CSc2nnc(N)s2)cc(Br)c1OC. The summed E-state index contributed by atoms with van der Waals surface area (Å²) in [6, 6.07) is 3.55. The third-order valence-corrected chi connectivity index (χ3v) is 5.08. The molecule has 0 bridgehead atoms. The zero-order chi connectivity index (χ0) is 17.5. The van der Waals surface area contributed by atoms with E-state index in [2.05, 4.69) is 36.7 Å². The Labute approximate surface area is 154 Å². The number of aromatic nitrogens is 2. The summed E-state index contributed by atoms with van der Waals surface area (Å²) in [6.07, 6.45) is 1.51. The number of halogens is 1. The minimum absolute atomic E-state index is 0.168. The van der Waals surface area contributed by atoms with Crippen LogP contribution in [0.2, 0.25) is 0 Å². The second-order valence-electron chi connectivity index (χ2n) is 4.23. The van der Waals surface area contributed by atoms with Gasteiger partial charge in [0.1, 0.15) is 0 Å². The zero-order valence-electron chi connectivity index (χ0n) is 12.8. The van der Waals surface area contributed by atoms with Crippen molar-refractivity contribution < 1.29 is 14.3 Å². The second kappa shape index (κ2) is 8.85. The van der Waals surface area contributed by atoms with E-state index in [9.17, 15) is 4.79 Å². The summed E-state index contributed by atoms with van der Waals surface area (Å²) < 4.78 is 11.8. The van der Waals surface area contributed by atoms with Crippen LogP contribution < -0.4 is 20.6 Å². The Bertz CT molecular complexity index is 753. The molecule has 2 aromatic rings. The first-order valence-corrected chi connectivity index (χ1v) is 9.08. The number of carbonyl (C=O) groups excluding carboxylic acids is 1. The Morgan fingerprint density at radius 2 is 2.25 bits per heavy atom. The molecule has 0 saturated heterocycles. The summed E-state index contributed by atoms with van der Waals surface area (Å²) in [4.78, 5) is 11.7. The molecular formula is C13H14BrN5O3S2. The average Bonchev–Trinajstić information content (AvgIpc) is 2.98. The molecule has 1 aromatic carbocycles. The predicted molar refractivity (Wildman–Crippen MR) is 98.0 cm³/mol. The van der Waals surface area contributed by atoms with Gasteiger partial charge in [-0.05, 0) is 33.6 Å². The maximum absolute atomic E-state index is 11.7. The van der Waals surface area contributed by atoms with Crippen molar-refractivity contribution in [3.63, 3.8) is 0 Å². The fraction of sp³-hybridized carbons (Fsp3) is 0.231. The molecule has 0 atom stereocenters. The van der Waals surface area contributed by atoms with Gasteiger partial charge in [0.05, 0.1) is 30.7 Å². The predicted octanol–water partition coefficient (Wildman–Crippen LogP) is 2.14. The Morgan fingerprint density at radius 3 is 2.88 bits per heavy atom. The highest BCUT2D eigenvalue weighted by atomic mass is 79.9. The van der Waals surface area contributed by atoms with Crippen LogP contribution >= 0.6 is 39.0 Å². The summed E-state index contributed by atoms with van der Waals surface area (Å²) in [7, 11) is 3.10. The number of anilines is 1. The van der Waals surface area contributed by atoms with Gasteiger partial charge in [-0.3, -0.25) is 4.79 Å². The molecule has 0 aliphatic rings.